The molecule has 0 saturated carbocycles. The molecule has 2 atom stereocenters. The molecule has 10 heteroatoms. The topological polar surface area (TPSA) is 83.0 Å². The molecule has 0 N–H and O–H groups in total. The summed E-state index contributed by atoms with van der Waals surface area (Å²) in [6.45, 7) is 9.70. The largest absolute Gasteiger partial charge is 0.348 e. The summed E-state index contributed by atoms with van der Waals surface area (Å²) in [5.74, 6) is 0.682. The number of imide groups is 1. The molecule has 0 bridgehead atoms. The van der Waals surface area contributed by atoms with Gasteiger partial charge in [0, 0.05) is 66.8 Å². The molecule has 0 aromatic rings. The second-order valence-corrected chi connectivity index (χ2v) is 8.19. The highest BCUT2D eigenvalue weighted by Crippen LogP contribution is 2.27. The third-order valence-corrected chi connectivity index (χ3v) is 6.51. The average Bonchev–Trinajstić information content (AvgIpc) is 3.08. The molecule has 0 aliphatic carbocycles. The Balaban J connectivity index is 1.47. The van der Waals surface area contributed by atoms with Crippen LogP contribution in [-0.2, 0) is 4.79 Å². The van der Waals surface area contributed by atoms with Crippen LogP contribution in [0.5, 0.6) is 0 Å². The van der Waals surface area contributed by atoms with E-state index in [1.54, 1.807) is 11.9 Å². The summed E-state index contributed by atoms with van der Waals surface area (Å²) in [6.07, 6.45) is 1.26. The number of likely N-dealkylation sites (N-methyl/N-ethyl adjacent to an activating group) is 3. The minimum absolute atomic E-state index is 0.137. The maximum atomic E-state index is 12.5. The maximum absolute atomic E-state index is 12.5. The van der Waals surface area contributed by atoms with Crippen molar-refractivity contribution in [3.05, 3.63) is 0 Å². The normalized spacial score (nSPS) is 25.0. The first-order valence-electron chi connectivity index (χ1n) is 10.9. The van der Waals surface area contributed by atoms with E-state index in [1.165, 1.54) is 11.9 Å². The smallest absolute Gasteiger partial charge is 0.328 e. The SMILES string of the molecule is CCN(CC)C(=O)N1CCN(CCCC2=NC3C(C(=O)N(C)C(=O)N3C)N2C)CC1. The zero-order chi connectivity index (χ0) is 22.0. The number of hydrogen-bond acceptors (Lipinski definition) is 6. The number of piperazine rings is 1. The fourth-order valence-electron chi connectivity index (χ4n) is 4.47. The lowest BCUT2D eigenvalue weighted by Crippen LogP contribution is -2.63. The Bertz CT molecular complexity index is 701. The van der Waals surface area contributed by atoms with Gasteiger partial charge in [0.2, 0.25) is 0 Å². The van der Waals surface area contributed by atoms with Crippen molar-refractivity contribution in [3.8, 4) is 0 Å². The standard InChI is InChI=1S/C20H35N7O3/c1-6-26(7-2)20(30)27-13-11-25(12-14-27)10-8-9-15-21-17-16(22(15)3)18(28)24(5)19(29)23(17)4/h16-17H,6-14H2,1-5H3. The summed E-state index contributed by atoms with van der Waals surface area (Å²) in [5, 5.41) is 0. The summed E-state index contributed by atoms with van der Waals surface area (Å²) < 4.78 is 0. The van der Waals surface area contributed by atoms with Gasteiger partial charge < -0.3 is 19.6 Å². The van der Waals surface area contributed by atoms with Crippen LogP contribution in [0.25, 0.3) is 0 Å². The van der Waals surface area contributed by atoms with Crippen LogP contribution in [0.1, 0.15) is 26.7 Å². The zero-order valence-electron chi connectivity index (χ0n) is 18.9. The van der Waals surface area contributed by atoms with Crippen molar-refractivity contribution in [1.29, 1.82) is 0 Å². The Morgan fingerprint density at radius 1 is 1.03 bits per heavy atom. The van der Waals surface area contributed by atoms with Crippen molar-refractivity contribution in [2.45, 2.75) is 38.9 Å². The van der Waals surface area contributed by atoms with Crippen LogP contribution in [0.15, 0.2) is 4.99 Å². The van der Waals surface area contributed by atoms with Crippen molar-refractivity contribution in [1.82, 2.24) is 29.4 Å². The third kappa shape index (κ3) is 4.10. The first-order chi connectivity index (χ1) is 14.3. The first kappa shape index (κ1) is 22.3. The fraction of sp³-hybridized carbons (Fsp3) is 0.800. The Morgan fingerprint density at radius 3 is 2.27 bits per heavy atom. The van der Waals surface area contributed by atoms with Crippen molar-refractivity contribution in [3.63, 3.8) is 0 Å². The number of fused-ring (bicyclic) bond motifs is 1. The summed E-state index contributed by atoms with van der Waals surface area (Å²) >= 11 is 0. The number of hydrogen-bond donors (Lipinski definition) is 0. The van der Waals surface area contributed by atoms with E-state index in [4.69, 9.17) is 0 Å². The summed E-state index contributed by atoms with van der Waals surface area (Å²) in [7, 11) is 5.10. The van der Waals surface area contributed by atoms with E-state index in [0.717, 1.165) is 64.5 Å². The molecule has 0 aromatic heterocycles. The van der Waals surface area contributed by atoms with Crippen LogP contribution in [0, 0.1) is 0 Å². The van der Waals surface area contributed by atoms with Gasteiger partial charge in [-0.3, -0.25) is 14.6 Å². The molecule has 2 saturated heterocycles. The van der Waals surface area contributed by atoms with Gasteiger partial charge in [-0.2, -0.15) is 0 Å². The summed E-state index contributed by atoms with van der Waals surface area (Å²) in [5.41, 5.74) is 0. The van der Waals surface area contributed by atoms with E-state index < -0.39 is 12.2 Å². The van der Waals surface area contributed by atoms with Crippen molar-refractivity contribution >= 4 is 23.8 Å². The molecule has 5 amide bonds. The highest BCUT2D eigenvalue weighted by Gasteiger charge is 2.49. The van der Waals surface area contributed by atoms with Gasteiger partial charge in [0.25, 0.3) is 5.91 Å². The molecular formula is C20H35N7O3. The average molecular weight is 422 g/mol. The lowest BCUT2D eigenvalue weighted by molar-refractivity contribution is -0.135. The van der Waals surface area contributed by atoms with Gasteiger partial charge in [0.05, 0.1) is 0 Å². The molecule has 3 aliphatic rings. The van der Waals surface area contributed by atoms with E-state index in [-0.39, 0.29) is 18.0 Å². The molecule has 168 valence electrons. The van der Waals surface area contributed by atoms with Crippen LogP contribution in [0.3, 0.4) is 0 Å². The number of rotatable bonds is 6. The van der Waals surface area contributed by atoms with Gasteiger partial charge in [-0.1, -0.05) is 0 Å². The molecule has 2 fully saturated rings. The Labute approximate surface area is 179 Å². The highest BCUT2D eigenvalue weighted by molar-refractivity contribution is 6.03. The molecule has 3 aliphatic heterocycles. The highest BCUT2D eigenvalue weighted by atomic mass is 16.2. The third-order valence-electron chi connectivity index (χ3n) is 6.51. The zero-order valence-corrected chi connectivity index (χ0v) is 18.9. The van der Waals surface area contributed by atoms with E-state index in [1.807, 2.05) is 35.6 Å². The molecule has 2 unspecified atom stereocenters. The maximum Gasteiger partial charge on any atom is 0.328 e. The van der Waals surface area contributed by atoms with Crippen molar-refractivity contribution in [2.24, 2.45) is 4.99 Å². The lowest BCUT2D eigenvalue weighted by Gasteiger charge is -2.39. The van der Waals surface area contributed by atoms with Gasteiger partial charge >= 0.3 is 12.1 Å². The Morgan fingerprint density at radius 2 is 1.67 bits per heavy atom. The van der Waals surface area contributed by atoms with E-state index in [9.17, 15) is 14.4 Å². The molecule has 30 heavy (non-hydrogen) atoms. The van der Waals surface area contributed by atoms with Gasteiger partial charge in [-0.15, -0.1) is 0 Å². The minimum Gasteiger partial charge on any atom is -0.348 e. The number of amides is 5. The predicted molar refractivity (Wildman–Crippen MR) is 114 cm³/mol. The number of urea groups is 2. The van der Waals surface area contributed by atoms with Gasteiger partial charge in [0.1, 0.15) is 5.84 Å². The molecule has 0 radical (unpaired) electrons. The second-order valence-electron chi connectivity index (χ2n) is 8.19. The molecule has 0 spiro atoms. The van der Waals surface area contributed by atoms with E-state index in [2.05, 4.69) is 9.89 Å². The molecule has 0 aromatic carbocycles. The van der Waals surface area contributed by atoms with Crippen LogP contribution in [-0.4, -0.2) is 132 Å². The van der Waals surface area contributed by atoms with Crippen LogP contribution < -0.4 is 0 Å². The second kappa shape index (κ2) is 9.20. The van der Waals surface area contributed by atoms with Crippen molar-refractivity contribution in [2.75, 3.05) is 67.0 Å². The number of nitrogens with zero attached hydrogens (tertiary/aromatic N) is 7. The monoisotopic (exact) mass is 421 g/mol. The summed E-state index contributed by atoms with van der Waals surface area (Å²) in [6, 6.07) is -0.600. The number of aliphatic imine (C=N–C) groups is 1. The van der Waals surface area contributed by atoms with Gasteiger partial charge in [0.15, 0.2) is 12.2 Å². The number of amidine groups is 1. The van der Waals surface area contributed by atoms with E-state index >= 15 is 0 Å². The predicted octanol–water partition coefficient (Wildman–Crippen LogP) is 0.408. The van der Waals surface area contributed by atoms with Gasteiger partial charge in [-0.25, -0.2) is 14.6 Å². The Kier molecular flexibility index (Phi) is 6.84. The van der Waals surface area contributed by atoms with Crippen LogP contribution >= 0.6 is 0 Å². The van der Waals surface area contributed by atoms with E-state index in [0.29, 0.717) is 0 Å². The number of carbonyl (C=O) groups excluding carboxylic acids is 3. The molecule has 10 nitrogen and oxygen atoms in total. The van der Waals surface area contributed by atoms with Crippen molar-refractivity contribution < 1.29 is 14.4 Å². The molecular weight excluding hydrogens is 386 g/mol. The Hall–Kier alpha value is -2.36. The fourth-order valence-corrected chi connectivity index (χ4v) is 4.47. The first-order valence-corrected chi connectivity index (χ1v) is 10.9. The van der Waals surface area contributed by atoms with Crippen LogP contribution in [0.4, 0.5) is 9.59 Å². The van der Waals surface area contributed by atoms with Gasteiger partial charge in [-0.05, 0) is 26.8 Å². The van der Waals surface area contributed by atoms with Crippen LogP contribution in [0.2, 0.25) is 0 Å². The number of carbonyl (C=O) groups is 3. The summed E-state index contributed by atoms with van der Waals surface area (Å²) in [4.78, 5) is 52.7. The lowest BCUT2D eigenvalue weighted by atomic mass is 10.1. The quantitative estimate of drug-likeness (QED) is 0.620. The molecule has 3 heterocycles. The minimum atomic E-state index is -0.434. The molecule has 3 rings (SSSR count).